The maximum atomic E-state index is 12.4. The Labute approximate surface area is 147 Å². The highest BCUT2D eigenvalue weighted by Crippen LogP contribution is 2.16. The summed E-state index contributed by atoms with van der Waals surface area (Å²) in [5.41, 5.74) is 2.42. The molecule has 6 nitrogen and oxygen atoms in total. The summed E-state index contributed by atoms with van der Waals surface area (Å²) in [4.78, 5) is 30.1. The van der Waals surface area contributed by atoms with E-state index < -0.39 is 5.97 Å². The Morgan fingerprint density at radius 3 is 2.52 bits per heavy atom. The summed E-state index contributed by atoms with van der Waals surface area (Å²) in [6, 6.07) is 8.35. The van der Waals surface area contributed by atoms with Gasteiger partial charge >= 0.3 is 5.97 Å². The maximum absolute atomic E-state index is 12.4. The van der Waals surface area contributed by atoms with Gasteiger partial charge in [-0.3, -0.25) is 9.78 Å². The van der Waals surface area contributed by atoms with Crippen molar-refractivity contribution in [1.29, 1.82) is 0 Å². The fraction of sp³-hybridized carbons (Fsp3) is 0.316. The zero-order chi connectivity index (χ0) is 18.2. The third kappa shape index (κ3) is 5.04. The second-order valence-corrected chi connectivity index (χ2v) is 5.73. The van der Waals surface area contributed by atoms with Gasteiger partial charge in [0, 0.05) is 25.5 Å². The molecule has 1 N–H and O–H groups in total. The first-order valence-electron chi connectivity index (χ1n) is 8.21. The Morgan fingerprint density at radius 2 is 1.88 bits per heavy atom. The molecule has 0 bridgehead atoms. The predicted octanol–water partition coefficient (Wildman–Crippen LogP) is 3.36. The molecule has 1 aromatic carbocycles. The number of nitrogens with zero attached hydrogens (tertiary/aromatic N) is 2. The van der Waals surface area contributed by atoms with Crippen LogP contribution in [0.15, 0.2) is 42.7 Å². The molecule has 6 heteroatoms. The quantitative estimate of drug-likeness (QED) is 0.782. The van der Waals surface area contributed by atoms with Crippen molar-refractivity contribution in [2.75, 3.05) is 30.9 Å². The molecule has 0 aliphatic heterocycles. The zero-order valence-corrected chi connectivity index (χ0v) is 14.8. The van der Waals surface area contributed by atoms with E-state index in [-0.39, 0.29) is 5.91 Å². The number of amides is 1. The van der Waals surface area contributed by atoms with Gasteiger partial charge in [0.25, 0.3) is 5.91 Å². The highest BCUT2D eigenvalue weighted by atomic mass is 16.5. The first kappa shape index (κ1) is 18.4. The standard InChI is InChI=1S/C19H23N3O3/c1-4-5-10-22(2)17-11-15(12-20-13-17)18(23)21-16-8-6-14(7-9-16)19(24)25-3/h6-9,11-13H,4-5,10H2,1-3H3,(H,21,23). The number of carbonyl (C=O) groups excluding carboxylic acids is 2. The van der Waals surface area contributed by atoms with Crippen LogP contribution in [0.1, 0.15) is 40.5 Å². The summed E-state index contributed by atoms with van der Waals surface area (Å²) >= 11 is 0. The van der Waals surface area contributed by atoms with Crippen LogP contribution in [0.4, 0.5) is 11.4 Å². The van der Waals surface area contributed by atoms with E-state index in [2.05, 4.69) is 26.9 Å². The Bertz CT molecular complexity index is 729. The van der Waals surface area contributed by atoms with Gasteiger partial charge in [-0.1, -0.05) is 13.3 Å². The summed E-state index contributed by atoms with van der Waals surface area (Å²) < 4.78 is 4.65. The predicted molar refractivity (Wildman–Crippen MR) is 98.1 cm³/mol. The van der Waals surface area contributed by atoms with E-state index in [0.29, 0.717) is 16.8 Å². The number of carbonyl (C=O) groups is 2. The number of ether oxygens (including phenoxy) is 1. The summed E-state index contributed by atoms with van der Waals surface area (Å²) in [6.07, 6.45) is 5.48. The van der Waals surface area contributed by atoms with Gasteiger partial charge in [-0.05, 0) is 36.8 Å². The molecule has 0 aliphatic rings. The van der Waals surface area contributed by atoms with E-state index in [0.717, 1.165) is 25.1 Å². The summed E-state index contributed by atoms with van der Waals surface area (Å²) in [5, 5.41) is 2.80. The molecule has 0 radical (unpaired) electrons. The number of methoxy groups -OCH3 is 1. The minimum atomic E-state index is -0.412. The van der Waals surface area contributed by atoms with Gasteiger partial charge in [0.2, 0.25) is 0 Å². The topological polar surface area (TPSA) is 71.5 Å². The monoisotopic (exact) mass is 341 g/mol. The number of hydrogen-bond donors (Lipinski definition) is 1. The number of pyridine rings is 1. The lowest BCUT2D eigenvalue weighted by molar-refractivity contribution is 0.0600. The number of benzene rings is 1. The van der Waals surface area contributed by atoms with E-state index >= 15 is 0 Å². The number of nitrogens with one attached hydrogen (secondary N) is 1. The lowest BCUT2D eigenvalue weighted by Gasteiger charge is -2.19. The van der Waals surface area contributed by atoms with Gasteiger partial charge in [-0.15, -0.1) is 0 Å². The lowest BCUT2D eigenvalue weighted by Crippen LogP contribution is -2.20. The van der Waals surface area contributed by atoms with E-state index in [9.17, 15) is 9.59 Å². The van der Waals surface area contributed by atoms with Gasteiger partial charge in [-0.25, -0.2) is 4.79 Å². The van der Waals surface area contributed by atoms with Crippen molar-refractivity contribution in [2.45, 2.75) is 19.8 Å². The van der Waals surface area contributed by atoms with Crippen LogP contribution >= 0.6 is 0 Å². The number of rotatable bonds is 7. The van der Waals surface area contributed by atoms with Crippen molar-refractivity contribution < 1.29 is 14.3 Å². The van der Waals surface area contributed by atoms with Crippen molar-refractivity contribution in [1.82, 2.24) is 4.98 Å². The molecule has 25 heavy (non-hydrogen) atoms. The molecule has 0 unspecified atom stereocenters. The largest absolute Gasteiger partial charge is 0.465 e. The van der Waals surface area contributed by atoms with Crippen LogP contribution in [-0.2, 0) is 4.74 Å². The molecule has 1 amide bonds. The number of esters is 1. The van der Waals surface area contributed by atoms with Gasteiger partial charge in [0.1, 0.15) is 0 Å². The summed E-state index contributed by atoms with van der Waals surface area (Å²) in [7, 11) is 3.31. The molecule has 0 atom stereocenters. The first-order chi connectivity index (χ1) is 12.0. The fourth-order valence-electron chi connectivity index (χ4n) is 2.30. The molecule has 2 rings (SSSR count). The number of aromatic nitrogens is 1. The van der Waals surface area contributed by atoms with Crippen molar-refractivity contribution in [2.24, 2.45) is 0 Å². The molecular formula is C19H23N3O3. The molecule has 132 valence electrons. The van der Waals surface area contributed by atoms with E-state index in [1.54, 1.807) is 30.5 Å². The molecule has 0 spiro atoms. The van der Waals surface area contributed by atoms with Crippen molar-refractivity contribution in [3.63, 3.8) is 0 Å². The van der Waals surface area contributed by atoms with Gasteiger partial charge in [0.05, 0.1) is 30.1 Å². The lowest BCUT2D eigenvalue weighted by atomic mass is 10.2. The Hall–Kier alpha value is -2.89. The van der Waals surface area contributed by atoms with Crippen LogP contribution in [0.2, 0.25) is 0 Å². The molecule has 0 aliphatic carbocycles. The minimum absolute atomic E-state index is 0.246. The van der Waals surface area contributed by atoms with E-state index in [4.69, 9.17) is 0 Å². The molecule has 1 aromatic heterocycles. The highest BCUT2D eigenvalue weighted by molar-refractivity contribution is 6.04. The van der Waals surface area contributed by atoms with Crippen molar-refractivity contribution in [3.8, 4) is 0 Å². The van der Waals surface area contributed by atoms with Crippen molar-refractivity contribution in [3.05, 3.63) is 53.9 Å². The molecule has 0 saturated carbocycles. The molecule has 0 saturated heterocycles. The van der Waals surface area contributed by atoms with E-state index in [1.807, 2.05) is 13.1 Å². The smallest absolute Gasteiger partial charge is 0.337 e. The third-order valence-electron chi connectivity index (χ3n) is 3.84. The number of hydrogen-bond acceptors (Lipinski definition) is 5. The minimum Gasteiger partial charge on any atom is -0.465 e. The van der Waals surface area contributed by atoms with E-state index in [1.165, 1.54) is 13.3 Å². The molecule has 1 heterocycles. The molecular weight excluding hydrogens is 318 g/mol. The Balaban J connectivity index is 2.06. The van der Waals surface area contributed by atoms with Crippen LogP contribution in [0, 0.1) is 0 Å². The van der Waals surface area contributed by atoms with Gasteiger partial charge in [0.15, 0.2) is 0 Å². The van der Waals surface area contributed by atoms with Crippen LogP contribution in [0.25, 0.3) is 0 Å². The number of anilines is 2. The zero-order valence-electron chi connectivity index (χ0n) is 14.8. The highest BCUT2D eigenvalue weighted by Gasteiger charge is 2.10. The average molecular weight is 341 g/mol. The summed E-state index contributed by atoms with van der Waals surface area (Å²) in [6.45, 7) is 3.06. The second kappa shape index (κ2) is 8.82. The normalized spacial score (nSPS) is 10.2. The third-order valence-corrected chi connectivity index (χ3v) is 3.84. The average Bonchev–Trinajstić information content (AvgIpc) is 2.66. The molecule has 0 fully saturated rings. The number of unbranched alkanes of at least 4 members (excludes halogenated alkanes) is 1. The van der Waals surface area contributed by atoms with Gasteiger partial charge < -0.3 is 15.0 Å². The first-order valence-corrected chi connectivity index (χ1v) is 8.21. The van der Waals surface area contributed by atoms with Gasteiger partial charge in [-0.2, -0.15) is 0 Å². The fourth-order valence-corrected chi connectivity index (χ4v) is 2.30. The van der Waals surface area contributed by atoms with Crippen LogP contribution < -0.4 is 10.2 Å². The molecule has 2 aromatic rings. The summed E-state index contributed by atoms with van der Waals surface area (Å²) in [5.74, 6) is -0.658. The van der Waals surface area contributed by atoms with Crippen LogP contribution in [0.3, 0.4) is 0 Å². The van der Waals surface area contributed by atoms with Crippen LogP contribution in [-0.4, -0.2) is 37.6 Å². The maximum Gasteiger partial charge on any atom is 0.337 e. The SMILES string of the molecule is CCCCN(C)c1cncc(C(=O)Nc2ccc(C(=O)OC)cc2)c1. The Kier molecular flexibility index (Phi) is 6.51. The van der Waals surface area contributed by atoms with Crippen molar-refractivity contribution >= 4 is 23.3 Å². The second-order valence-electron chi connectivity index (χ2n) is 5.73. The Morgan fingerprint density at radius 1 is 1.16 bits per heavy atom. The van der Waals surface area contributed by atoms with Crippen LogP contribution in [0.5, 0.6) is 0 Å².